The Hall–Kier alpha value is -1.18. The minimum atomic E-state index is 0. The van der Waals surface area contributed by atoms with E-state index in [0.717, 1.165) is 43.4 Å². The second-order valence-corrected chi connectivity index (χ2v) is 5.43. The largest absolute Gasteiger partial charge is 0.493 e. The van der Waals surface area contributed by atoms with Crippen LogP contribution in [0.5, 0.6) is 11.5 Å². The highest BCUT2D eigenvalue weighted by molar-refractivity contribution is 14.0. The zero-order valence-corrected chi connectivity index (χ0v) is 17.7. The Kier molecular flexibility index (Phi) is 13.5. The lowest BCUT2D eigenvalue weighted by Crippen LogP contribution is -2.38. The lowest BCUT2D eigenvalue weighted by molar-refractivity contribution is 0.354. The molecule has 5 nitrogen and oxygen atoms in total. The lowest BCUT2D eigenvalue weighted by atomic mass is 10.1. The monoisotopic (exact) mass is 449 g/mol. The average molecular weight is 449 g/mol. The van der Waals surface area contributed by atoms with Crippen LogP contribution in [0.1, 0.15) is 38.2 Å². The van der Waals surface area contributed by atoms with Crippen molar-refractivity contribution in [1.82, 2.24) is 10.6 Å². The van der Waals surface area contributed by atoms with Crippen molar-refractivity contribution < 1.29 is 9.47 Å². The third-order valence-electron chi connectivity index (χ3n) is 3.68. The van der Waals surface area contributed by atoms with Gasteiger partial charge in [0.2, 0.25) is 0 Å². The minimum Gasteiger partial charge on any atom is -0.493 e. The van der Waals surface area contributed by atoms with E-state index in [1.807, 2.05) is 19.2 Å². The summed E-state index contributed by atoms with van der Waals surface area (Å²) in [6.07, 6.45) is 5.69. The Morgan fingerprint density at radius 2 is 1.67 bits per heavy atom. The fraction of sp³-hybridized carbons (Fsp3) is 0.611. The number of aryl methyl sites for hydroxylation is 1. The number of hydrogen-bond donors (Lipinski definition) is 2. The molecule has 0 heterocycles. The van der Waals surface area contributed by atoms with Gasteiger partial charge >= 0.3 is 0 Å². The minimum absolute atomic E-state index is 0. The summed E-state index contributed by atoms with van der Waals surface area (Å²) in [5, 5.41) is 6.69. The Labute approximate surface area is 163 Å². The molecule has 0 aromatic heterocycles. The maximum Gasteiger partial charge on any atom is 0.190 e. The molecule has 0 aliphatic rings. The number of halogens is 1. The molecular formula is C18H32IN3O2. The molecule has 0 saturated carbocycles. The summed E-state index contributed by atoms with van der Waals surface area (Å²) in [6.45, 7) is 4.08. The van der Waals surface area contributed by atoms with Crippen LogP contribution >= 0.6 is 24.0 Å². The molecule has 24 heavy (non-hydrogen) atoms. The van der Waals surface area contributed by atoms with E-state index in [4.69, 9.17) is 9.47 Å². The van der Waals surface area contributed by atoms with Crippen LogP contribution in [0, 0.1) is 0 Å². The van der Waals surface area contributed by atoms with Crippen molar-refractivity contribution in [2.75, 3.05) is 34.4 Å². The molecule has 1 aromatic rings. The van der Waals surface area contributed by atoms with Gasteiger partial charge in [0.1, 0.15) is 0 Å². The number of guanidine groups is 1. The number of benzene rings is 1. The van der Waals surface area contributed by atoms with Crippen LogP contribution in [0.4, 0.5) is 0 Å². The first-order chi connectivity index (χ1) is 11.2. The molecule has 1 rings (SSSR count). The summed E-state index contributed by atoms with van der Waals surface area (Å²) < 4.78 is 10.6. The third-order valence-corrected chi connectivity index (χ3v) is 3.68. The van der Waals surface area contributed by atoms with Gasteiger partial charge in [0.25, 0.3) is 0 Å². The van der Waals surface area contributed by atoms with E-state index in [0.29, 0.717) is 0 Å². The van der Waals surface area contributed by atoms with Crippen LogP contribution in [0.15, 0.2) is 23.2 Å². The second kappa shape index (κ2) is 14.2. The van der Waals surface area contributed by atoms with Gasteiger partial charge in [-0.15, -0.1) is 24.0 Å². The average Bonchev–Trinajstić information content (AvgIpc) is 2.60. The van der Waals surface area contributed by atoms with Gasteiger partial charge in [-0.05, 0) is 37.0 Å². The quantitative estimate of drug-likeness (QED) is 0.248. The van der Waals surface area contributed by atoms with Crippen LogP contribution in [0.3, 0.4) is 0 Å². The van der Waals surface area contributed by atoms with E-state index < -0.39 is 0 Å². The molecule has 0 amide bonds. The molecule has 0 aliphatic carbocycles. The summed E-state index contributed by atoms with van der Waals surface area (Å²) in [5.74, 6) is 2.44. The zero-order valence-electron chi connectivity index (χ0n) is 15.4. The van der Waals surface area contributed by atoms with E-state index in [-0.39, 0.29) is 24.0 Å². The maximum absolute atomic E-state index is 5.33. The number of nitrogens with zero attached hydrogens (tertiary/aromatic N) is 1. The Morgan fingerprint density at radius 3 is 2.25 bits per heavy atom. The van der Waals surface area contributed by atoms with Crippen LogP contribution in [0.25, 0.3) is 0 Å². The van der Waals surface area contributed by atoms with Crippen molar-refractivity contribution in [3.63, 3.8) is 0 Å². The number of aliphatic imine (C=N–C) groups is 1. The van der Waals surface area contributed by atoms with Crippen molar-refractivity contribution in [3.05, 3.63) is 23.8 Å². The lowest BCUT2D eigenvalue weighted by Gasteiger charge is -2.12. The molecule has 0 saturated heterocycles. The second-order valence-electron chi connectivity index (χ2n) is 5.43. The van der Waals surface area contributed by atoms with Crippen LogP contribution in [0.2, 0.25) is 0 Å². The van der Waals surface area contributed by atoms with Gasteiger partial charge in [0, 0.05) is 20.1 Å². The normalized spacial score (nSPS) is 10.8. The number of rotatable bonds is 10. The van der Waals surface area contributed by atoms with E-state index in [9.17, 15) is 0 Å². The number of methoxy groups -OCH3 is 2. The van der Waals surface area contributed by atoms with E-state index in [2.05, 4.69) is 28.6 Å². The van der Waals surface area contributed by atoms with Crippen molar-refractivity contribution in [3.8, 4) is 11.5 Å². The first kappa shape index (κ1) is 22.8. The number of hydrogen-bond acceptors (Lipinski definition) is 3. The van der Waals surface area contributed by atoms with Gasteiger partial charge in [-0.2, -0.15) is 0 Å². The highest BCUT2D eigenvalue weighted by Gasteiger charge is 2.04. The summed E-state index contributed by atoms with van der Waals surface area (Å²) in [7, 11) is 5.13. The molecule has 0 atom stereocenters. The predicted molar refractivity (Wildman–Crippen MR) is 112 cm³/mol. The van der Waals surface area contributed by atoms with Crippen molar-refractivity contribution >= 4 is 29.9 Å². The Bertz CT molecular complexity index is 481. The molecule has 0 bridgehead atoms. The molecule has 0 aliphatic heterocycles. The number of ether oxygens (including phenoxy) is 2. The van der Waals surface area contributed by atoms with E-state index in [1.54, 1.807) is 14.2 Å². The van der Waals surface area contributed by atoms with Gasteiger partial charge < -0.3 is 20.1 Å². The number of nitrogens with one attached hydrogen (secondary N) is 2. The summed E-state index contributed by atoms with van der Waals surface area (Å²) in [5.41, 5.74) is 1.25. The predicted octanol–water partition coefficient (Wildman–Crippen LogP) is 3.61. The summed E-state index contributed by atoms with van der Waals surface area (Å²) in [4.78, 5) is 4.24. The topological polar surface area (TPSA) is 54.9 Å². The van der Waals surface area contributed by atoms with Crippen molar-refractivity contribution in [2.45, 2.75) is 39.0 Å². The standard InChI is InChI=1S/C18H31N3O2.HI/c1-5-6-7-12-20-18(19-2)21-13-8-9-15-10-11-16(22-3)17(14-15)23-4;/h10-11,14H,5-9,12-13H2,1-4H3,(H2,19,20,21);1H. The summed E-state index contributed by atoms with van der Waals surface area (Å²) >= 11 is 0. The zero-order chi connectivity index (χ0) is 16.9. The Balaban J connectivity index is 0.00000529. The van der Waals surface area contributed by atoms with Gasteiger partial charge in [0.05, 0.1) is 14.2 Å². The summed E-state index contributed by atoms with van der Waals surface area (Å²) in [6, 6.07) is 6.08. The van der Waals surface area contributed by atoms with Crippen molar-refractivity contribution in [2.24, 2.45) is 4.99 Å². The first-order valence-corrected chi connectivity index (χ1v) is 8.40. The van der Waals surface area contributed by atoms with Crippen LogP contribution in [-0.4, -0.2) is 40.3 Å². The van der Waals surface area contributed by atoms with E-state index >= 15 is 0 Å². The third kappa shape index (κ3) is 8.61. The highest BCUT2D eigenvalue weighted by atomic mass is 127. The highest BCUT2D eigenvalue weighted by Crippen LogP contribution is 2.27. The van der Waals surface area contributed by atoms with Crippen LogP contribution in [-0.2, 0) is 6.42 Å². The molecule has 0 radical (unpaired) electrons. The van der Waals surface area contributed by atoms with Gasteiger partial charge in [-0.1, -0.05) is 25.8 Å². The molecule has 0 spiro atoms. The number of unbranched alkanes of at least 4 members (excludes halogenated alkanes) is 2. The fourth-order valence-electron chi connectivity index (χ4n) is 2.34. The molecular weight excluding hydrogens is 417 g/mol. The van der Waals surface area contributed by atoms with Gasteiger partial charge in [-0.3, -0.25) is 4.99 Å². The van der Waals surface area contributed by atoms with E-state index in [1.165, 1.54) is 24.8 Å². The molecule has 0 fully saturated rings. The molecule has 2 N–H and O–H groups in total. The molecule has 0 unspecified atom stereocenters. The molecule has 1 aromatic carbocycles. The van der Waals surface area contributed by atoms with Gasteiger partial charge in [-0.25, -0.2) is 0 Å². The smallest absolute Gasteiger partial charge is 0.190 e. The van der Waals surface area contributed by atoms with Crippen LogP contribution < -0.4 is 20.1 Å². The maximum atomic E-state index is 5.33. The Morgan fingerprint density at radius 1 is 1.00 bits per heavy atom. The molecule has 138 valence electrons. The first-order valence-electron chi connectivity index (χ1n) is 8.40. The molecule has 6 heteroatoms. The SMILES string of the molecule is CCCCCNC(=NC)NCCCc1ccc(OC)c(OC)c1.I. The van der Waals surface area contributed by atoms with Gasteiger partial charge in [0.15, 0.2) is 17.5 Å². The fourth-order valence-corrected chi connectivity index (χ4v) is 2.34. The van der Waals surface area contributed by atoms with Crippen molar-refractivity contribution in [1.29, 1.82) is 0 Å².